The second kappa shape index (κ2) is 9.07. The summed E-state index contributed by atoms with van der Waals surface area (Å²) in [4.78, 5) is 30.8. The van der Waals surface area contributed by atoms with Gasteiger partial charge in [0.05, 0.1) is 17.1 Å². The zero-order valence-electron chi connectivity index (χ0n) is 15.5. The van der Waals surface area contributed by atoms with Gasteiger partial charge in [0.25, 0.3) is 0 Å². The van der Waals surface area contributed by atoms with Gasteiger partial charge in [-0.05, 0) is 43.2 Å². The molecule has 2 amide bonds. The van der Waals surface area contributed by atoms with Gasteiger partial charge in [-0.15, -0.1) is 22.7 Å². The number of thiophene rings is 1. The first-order valence-electron chi connectivity index (χ1n) is 8.76. The topological polar surface area (TPSA) is 71.1 Å². The zero-order valence-corrected chi connectivity index (χ0v) is 17.2. The summed E-state index contributed by atoms with van der Waals surface area (Å²) < 4.78 is 13.2. The minimum Gasteiger partial charge on any atom is -0.351 e. The highest BCUT2D eigenvalue weighted by Gasteiger charge is 2.14. The van der Waals surface area contributed by atoms with Crippen LogP contribution in [0, 0.1) is 12.7 Å². The number of anilines is 1. The lowest BCUT2D eigenvalue weighted by atomic mass is 10.1. The third kappa shape index (κ3) is 5.46. The molecule has 5 nitrogen and oxygen atoms in total. The number of hydrogen-bond donors (Lipinski definition) is 2. The predicted octanol–water partition coefficient (Wildman–Crippen LogP) is 4.53. The van der Waals surface area contributed by atoms with Gasteiger partial charge in [0.2, 0.25) is 11.8 Å². The molecule has 0 aliphatic rings. The Hall–Kier alpha value is -2.58. The van der Waals surface area contributed by atoms with Crippen molar-refractivity contribution in [2.45, 2.75) is 33.2 Å². The Morgan fingerprint density at radius 1 is 1.18 bits per heavy atom. The summed E-state index contributed by atoms with van der Waals surface area (Å²) in [5, 5.41) is 6.15. The third-order valence-electron chi connectivity index (χ3n) is 3.98. The van der Waals surface area contributed by atoms with Crippen molar-refractivity contribution in [2.75, 3.05) is 5.32 Å². The van der Waals surface area contributed by atoms with E-state index in [0.717, 1.165) is 25.9 Å². The molecular weight excluding hydrogens is 397 g/mol. The number of halogens is 1. The van der Waals surface area contributed by atoms with Crippen molar-refractivity contribution >= 4 is 39.6 Å². The fraction of sp³-hybridized carbons (Fsp3) is 0.250. The smallest absolute Gasteiger partial charge is 0.226 e. The lowest BCUT2D eigenvalue weighted by molar-refractivity contribution is -0.119. The van der Waals surface area contributed by atoms with E-state index >= 15 is 0 Å². The number of benzene rings is 1. The molecule has 0 saturated carbocycles. The van der Waals surface area contributed by atoms with Gasteiger partial charge < -0.3 is 10.6 Å². The van der Waals surface area contributed by atoms with Crippen LogP contribution in [-0.2, 0) is 22.6 Å². The Balaban J connectivity index is 1.60. The van der Waals surface area contributed by atoms with E-state index in [4.69, 9.17) is 0 Å². The maximum absolute atomic E-state index is 13.2. The number of carbonyl (C=O) groups is 2. The minimum atomic E-state index is -0.299. The molecule has 146 valence electrons. The normalized spacial score (nSPS) is 10.7. The molecule has 8 heteroatoms. The molecule has 0 aliphatic heterocycles. The van der Waals surface area contributed by atoms with Crippen LogP contribution in [0.25, 0.3) is 10.6 Å². The van der Waals surface area contributed by atoms with Crippen LogP contribution >= 0.6 is 22.7 Å². The number of aromatic nitrogens is 1. The summed E-state index contributed by atoms with van der Waals surface area (Å²) in [6.07, 6.45) is 0.732. The molecule has 2 heterocycles. The van der Waals surface area contributed by atoms with Crippen LogP contribution in [0.4, 0.5) is 9.52 Å². The van der Waals surface area contributed by atoms with E-state index < -0.39 is 0 Å². The molecule has 2 aromatic heterocycles. The third-order valence-corrected chi connectivity index (χ3v) is 5.96. The van der Waals surface area contributed by atoms with Gasteiger partial charge in [-0.2, -0.15) is 0 Å². The van der Waals surface area contributed by atoms with Crippen LogP contribution in [0.5, 0.6) is 0 Å². The van der Waals surface area contributed by atoms with E-state index in [1.54, 1.807) is 23.5 Å². The monoisotopic (exact) mass is 417 g/mol. The van der Waals surface area contributed by atoms with Gasteiger partial charge in [-0.1, -0.05) is 12.1 Å². The molecule has 1 aromatic carbocycles. The summed E-state index contributed by atoms with van der Waals surface area (Å²) in [6.45, 7) is 3.94. The number of amides is 2. The van der Waals surface area contributed by atoms with Crippen LogP contribution in [0.15, 0.2) is 36.4 Å². The van der Waals surface area contributed by atoms with E-state index in [9.17, 15) is 14.0 Å². The molecular formula is C20H20FN3O2S2. The quantitative estimate of drug-likeness (QED) is 0.593. The summed E-state index contributed by atoms with van der Waals surface area (Å²) in [5.74, 6) is -0.517. The van der Waals surface area contributed by atoms with E-state index in [2.05, 4.69) is 15.6 Å². The summed E-state index contributed by atoms with van der Waals surface area (Å²) in [6, 6.07) is 10.2. The van der Waals surface area contributed by atoms with Crippen molar-refractivity contribution in [3.8, 4) is 10.6 Å². The molecule has 0 fully saturated rings. The van der Waals surface area contributed by atoms with Gasteiger partial charge in [0.15, 0.2) is 5.13 Å². The SMILES string of the molecule is CC(=O)NCc1ccc(-c2nc(NC(=O)CCc3cccc(F)c3)sc2C)s1. The van der Waals surface area contributed by atoms with Gasteiger partial charge >= 0.3 is 0 Å². The first kappa shape index (κ1) is 20.2. The second-order valence-corrected chi connectivity index (χ2v) is 8.65. The Kier molecular flexibility index (Phi) is 6.53. The molecule has 2 N–H and O–H groups in total. The minimum absolute atomic E-state index is 0.0666. The Morgan fingerprint density at radius 3 is 2.75 bits per heavy atom. The van der Waals surface area contributed by atoms with Gasteiger partial charge in [0.1, 0.15) is 5.82 Å². The average molecular weight is 418 g/mol. The van der Waals surface area contributed by atoms with Gasteiger partial charge in [-0.25, -0.2) is 9.37 Å². The number of rotatable bonds is 7. The van der Waals surface area contributed by atoms with Gasteiger partial charge in [0, 0.05) is 23.1 Å². The molecule has 0 atom stereocenters. The largest absolute Gasteiger partial charge is 0.351 e. The molecule has 28 heavy (non-hydrogen) atoms. The number of aryl methyl sites for hydroxylation is 2. The fourth-order valence-corrected chi connectivity index (χ4v) is 4.53. The Labute approximate surface area is 170 Å². The van der Waals surface area contributed by atoms with E-state index in [1.165, 1.54) is 30.4 Å². The average Bonchev–Trinajstić information content (AvgIpc) is 3.24. The predicted molar refractivity (Wildman–Crippen MR) is 111 cm³/mol. The van der Waals surface area contributed by atoms with Crippen molar-refractivity contribution in [3.05, 3.63) is 57.5 Å². The van der Waals surface area contributed by atoms with Crippen molar-refractivity contribution in [1.29, 1.82) is 0 Å². The lowest BCUT2D eigenvalue weighted by Crippen LogP contribution is -2.17. The number of nitrogens with zero attached hydrogens (tertiary/aromatic N) is 1. The van der Waals surface area contributed by atoms with Crippen LogP contribution in [-0.4, -0.2) is 16.8 Å². The van der Waals surface area contributed by atoms with Crippen molar-refractivity contribution in [1.82, 2.24) is 10.3 Å². The highest BCUT2D eigenvalue weighted by atomic mass is 32.1. The van der Waals surface area contributed by atoms with Crippen LogP contribution in [0.2, 0.25) is 0 Å². The fourth-order valence-electron chi connectivity index (χ4n) is 2.62. The highest BCUT2D eigenvalue weighted by molar-refractivity contribution is 7.18. The standard InChI is InChI=1S/C20H20FN3O2S2/c1-12-19(17-8-7-16(28-17)11-22-13(2)25)24-20(27-12)23-18(26)9-6-14-4-3-5-15(21)10-14/h3-5,7-8,10H,6,9,11H2,1-2H3,(H,22,25)(H,23,24,26). The number of hydrogen-bond acceptors (Lipinski definition) is 5. The molecule has 0 spiro atoms. The van der Waals surface area contributed by atoms with E-state index in [1.807, 2.05) is 19.1 Å². The van der Waals surface area contributed by atoms with E-state index in [0.29, 0.717) is 18.1 Å². The van der Waals surface area contributed by atoms with E-state index in [-0.39, 0.29) is 24.1 Å². The number of thiazole rings is 1. The zero-order chi connectivity index (χ0) is 20.1. The van der Waals surface area contributed by atoms with Gasteiger partial charge in [-0.3, -0.25) is 9.59 Å². The highest BCUT2D eigenvalue weighted by Crippen LogP contribution is 2.34. The molecule has 3 rings (SSSR count). The van der Waals surface area contributed by atoms with Crippen LogP contribution in [0.1, 0.15) is 28.7 Å². The van der Waals surface area contributed by atoms with Crippen molar-refractivity contribution < 1.29 is 14.0 Å². The molecule has 3 aromatic rings. The van der Waals surface area contributed by atoms with Crippen LogP contribution in [0.3, 0.4) is 0 Å². The molecule has 0 unspecified atom stereocenters. The Bertz CT molecular complexity index is 997. The number of carbonyl (C=O) groups excluding carboxylic acids is 2. The Morgan fingerprint density at radius 2 is 2.00 bits per heavy atom. The van der Waals surface area contributed by atoms with Crippen molar-refractivity contribution in [3.63, 3.8) is 0 Å². The molecule has 0 radical (unpaired) electrons. The molecule has 0 aliphatic carbocycles. The lowest BCUT2D eigenvalue weighted by Gasteiger charge is -2.02. The first-order valence-corrected chi connectivity index (χ1v) is 10.4. The summed E-state index contributed by atoms with van der Waals surface area (Å²) in [7, 11) is 0. The van der Waals surface area contributed by atoms with Crippen LogP contribution < -0.4 is 10.6 Å². The second-order valence-electron chi connectivity index (χ2n) is 6.28. The molecule has 0 bridgehead atoms. The maximum Gasteiger partial charge on any atom is 0.226 e. The maximum atomic E-state index is 13.2. The summed E-state index contributed by atoms with van der Waals surface area (Å²) in [5.41, 5.74) is 1.63. The summed E-state index contributed by atoms with van der Waals surface area (Å²) >= 11 is 2.99. The van der Waals surface area contributed by atoms with Crippen molar-refractivity contribution in [2.24, 2.45) is 0 Å². The number of nitrogens with one attached hydrogen (secondary N) is 2. The first-order chi connectivity index (χ1) is 13.4. The molecule has 0 saturated heterocycles.